The third kappa shape index (κ3) is 2.61. The predicted octanol–water partition coefficient (Wildman–Crippen LogP) is 2.27. The van der Waals surface area contributed by atoms with E-state index in [4.69, 9.17) is 5.73 Å². The van der Waals surface area contributed by atoms with E-state index in [1.165, 1.54) is 0 Å². The van der Waals surface area contributed by atoms with Crippen molar-refractivity contribution in [3.8, 4) is 5.69 Å². The van der Waals surface area contributed by atoms with Gasteiger partial charge in [0, 0.05) is 11.8 Å². The largest absolute Gasteiger partial charge is 0.322 e. The van der Waals surface area contributed by atoms with Gasteiger partial charge in [0.25, 0.3) is 0 Å². The van der Waals surface area contributed by atoms with Crippen LogP contribution < -0.4 is 5.73 Å². The van der Waals surface area contributed by atoms with Crippen molar-refractivity contribution in [1.82, 2.24) is 20.0 Å². The number of para-hydroxylation sites is 1. The zero-order valence-corrected chi connectivity index (χ0v) is 11.9. The standard InChI is InChI=1S/C14H15N5S/c1-10-17-11(9-20-10)7-13(15)14-8-16-18-19(14)12-5-3-2-4-6-12/h2-6,8-9,13H,7,15H2,1H3. The maximum atomic E-state index is 6.28. The van der Waals surface area contributed by atoms with E-state index >= 15 is 0 Å². The summed E-state index contributed by atoms with van der Waals surface area (Å²) in [4.78, 5) is 4.45. The van der Waals surface area contributed by atoms with Crippen LogP contribution >= 0.6 is 11.3 Å². The van der Waals surface area contributed by atoms with E-state index in [9.17, 15) is 0 Å². The molecule has 0 radical (unpaired) electrons. The van der Waals surface area contributed by atoms with Crippen molar-refractivity contribution in [3.05, 3.63) is 58.3 Å². The topological polar surface area (TPSA) is 69.6 Å². The first-order valence-corrected chi connectivity index (χ1v) is 7.24. The molecule has 5 nitrogen and oxygen atoms in total. The van der Waals surface area contributed by atoms with Gasteiger partial charge in [-0.25, -0.2) is 9.67 Å². The Morgan fingerprint density at radius 3 is 2.80 bits per heavy atom. The quantitative estimate of drug-likeness (QED) is 0.798. The van der Waals surface area contributed by atoms with Gasteiger partial charge >= 0.3 is 0 Å². The fourth-order valence-corrected chi connectivity index (χ4v) is 2.72. The van der Waals surface area contributed by atoms with Gasteiger partial charge in [-0.05, 0) is 19.1 Å². The van der Waals surface area contributed by atoms with Gasteiger partial charge in [-0.15, -0.1) is 16.4 Å². The van der Waals surface area contributed by atoms with Crippen LogP contribution in [0.25, 0.3) is 5.69 Å². The summed E-state index contributed by atoms with van der Waals surface area (Å²) in [7, 11) is 0. The molecule has 2 heterocycles. The fraction of sp³-hybridized carbons (Fsp3) is 0.214. The van der Waals surface area contributed by atoms with E-state index in [1.54, 1.807) is 22.2 Å². The van der Waals surface area contributed by atoms with Gasteiger partial charge in [0.2, 0.25) is 0 Å². The van der Waals surface area contributed by atoms with Crippen LogP contribution in [0.5, 0.6) is 0 Å². The molecule has 3 rings (SSSR count). The molecule has 1 aromatic carbocycles. The van der Waals surface area contributed by atoms with Crippen molar-refractivity contribution in [2.45, 2.75) is 19.4 Å². The Hall–Kier alpha value is -2.05. The maximum absolute atomic E-state index is 6.28. The van der Waals surface area contributed by atoms with Crippen LogP contribution in [0.15, 0.2) is 41.9 Å². The lowest BCUT2D eigenvalue weighted by atomic mass is 10.1. The number of nitrogens with zero attached hydrogens (tertiary/aromatic N) is 4. The van der Waals surface area contributed by atoms with Crippen LogP contribution in [-0.2, 0) is 6.42 Å². The van der Waals surface area contributed by atoms with E-state index in [0.717, 1.165) is 22.1 Å². The molecule has 20 heavy (non-hydrogen) atoms. The first-order chi connectivity index (χ1) is 9.74. The molecule has 1 atom stereocenters. The summed E-state index contributed by atoms with van der Waals surface area (Å²) in [5, 5.41) is 11.2. The lowest BCUT2D eigenvalue weighted by Gasteiger charge is -2.12. The highest BCUT2D eigenvalue weighted by Gasteiger charge is 2.15. The first-order valence-electron chi connectivity index (χ1n) is 6.36. The van der Waals surface area contributed by atoms with Gasteiger partial charge in [-0.3, -0.25) is 0 Å². The SMILES string of the molecule is Cc1nc(CC(N)c2cnnn2-c2ccccc2)cs1. The van der Waals surface area contributed by atoms with E-state index in [0.29, 0.717) is 6.42 Å². The van der Waals surface area contributed by atoms with Gasteiger partial charge in [0.1, 0.15) is 0 Å². The number of thiazole rings is 1. The van der Waals surface area contributed by atoms with Gasteiger partial charge in [0.05, 0.1) is 34.3 Å². The molecule has 0 spiro atoms. The zero-order chi connectivity index (χ0) is 13.9. The summed E-state index contributed by atoms with van der Waals surface area (Å²) in [5.74, 6) is 0. The van der Waals surface area contributed by atoms with Crippen LogP contribution in [-0.4, -0.2) is 20.0 Å². The second-order valence-electron chi connectivity index (χ2n) is 4.57. The Labute approximate surface area is 121 Å². The second-order valence-corrected chi connectivity index (χ2v) is 5.64. The second kappa shape index (κ2) is 5.52. The molecule has 2 N–H and O–H groups in total. The third-order valence-electron chi connectivity index (χ3n) is 3.05. The number of benzene rings is 1. The molecule has 0 bridgehead atoms. The molecular weight excluding hydrogens is 270 g/mol. The molecule has 3 aromatic rings. The summed E-state index contributed by atoms with van der Waals surface area (Å²) < 4.78 is 1.78. The molecule has 2 aromatic heterocycles. The minimum atomic E-state index is -0.174. The van der Waals surface area contributed by atoms with Gasteiger partial charge in [-0.2, -0.15) is 0 Å². The Bertz CT molecular complexity index is 688. The van der Waals surface area contributed by atoms with Crippen LogP contribution in [0.4, 0.5) is 0 Å². The molecule has 102 valence electrons. The maximum Gasteiger partial charge on any atom is 0.0897 e. The minimum Gasteiger partial charge on any atom is -0.322 e. The predicted molar refractivity (Wildman–Crippen MR) is 78.8 cm³/mol. The lowest BCUT2D eigenvalue weighted by molar-refractivity contribution is 0.642. The molecular formula is C14H15N5S. The Balaban J connectivity index is 1.86. The van der Waals surface area contributed by atoms with Crippen LogP contribution in [0.1, 0.15) is 22.4 Å². The summed E-state index contributed by atoms with van der Waals surface area (Å²) in [6.07, 6.45) is 2.40. The van der Waals surface area contributed by atoms with Crippen molar-refractivity contribution in [1.29, 1.82) is 0 Å². The van der Waals surface area contributed by atoms with Crippen molar-refractivity contribution >= 4 is 11.3 Å². The number of hydrogen-bond donors (Lipinski definition) is 1. The first kappa shape index (κ1) is 13.0. The normalized spacial score (nSPS) is 12.5. The number of nitrogens with two attached hydrogens (primary N) is 1. The highest BCUT2D eigenvalue weighted by molar-refractivity contribution is 7.09. The summed E-state index contributed by atoms with van der Waals surface area (Å²) >= 11 is 1.64. The number of rotatable bonds is 4. The monoisotopic (exact) mass is 285 g/mol. The highest BCUT2D eigenvalue weighted by atomic mass is 32.1. The summed E-state index contributed by atoms with van der Waals surface area (Å²) in [6, 6.07) is 9.70. The molecule has 0 aliphatic heterocycles. The molecule has 1 unspecified atom stereocenters. The molecule has 0 amide bonds. The molecule has 0 aliphatic carbocycles. The van der Waals surface area contributed by atoms with Crippen molar-refractivity contribution in [2.24, 2.45) is 5.73 Å². The zero-order valence-electron chi connectivity index (χ0n) is 11.1. The molecule has 6 heteroatoms. The molecule has 0 aliphatic rings. The van der Waals surface area contributed by atoms with E-state index < -0.39 is 0 Å². The van der Waals surface area contributed by atoms with Gasteiger partial charge in [-0.1, -0.05) is 23.4 Å². The summed E-state index contributed by atoms with van der Waals surface area (Å²) in [5.41, 5.74) is 9.15. The molecule has 0 fully saturated rings. The van der Waals surface area contributed by atoms with Crippen LogP contribution in [0.2, 0.25) is 0 Å². The third-order valence-corrected chi connectivity index (χ3v) is 3.87. The van der Waals surface area contributed by atoms with E-state index in [1.807, 2.05) is 42.6 Å². The highest BCUT2D eigenvalue weighted by Crippen LogP contribution is 2.19. The Morgan fingerprint density at radius 1 is 1.30 bits per heavy atom. The lowest BCUT2D eigenvalue weighted by Crippen LogP contribution is -2.18. The average molecular weight is 285 g/mol. The smallest absolute Gasteiger partial charge is 0.0897 e. The molecule has 0 saturated heterocycles. The van der Waals surface area contributed by atoms with Gasteiger partial charge < -0.3 is 5.73 Å². The average Bonchev–Trinajstić information content (AvgIpc) is 3.09. The number of aryl methyl sites for hydroxylation is 1. The Morgan fingerprint density at radius 2 is 2.10 bits per heavy atom. The van der Waals surface area contributed by atoms with Crippen LogP contribution in [0.3, 0.4) is 0 Å². The molecule has 0 saturated carbocycles. The van der Waals surface area contributed by atoms with Crippen molar-refractivity contribution in [3.63, 3.8) is 0 Å². The number of aromatic nitrogens is 4. The van der Waals surface area contributed by atoms with Gasteiger partial charge in [0.15, 0.2) is 0 Å². The van der Waals surface area contributed by atoms with E-state index in [-0.39, 0.29) is 6.04 Å². The van der Waals surface area contributed by atoms with Crippen molar-refractivity contribution in [2.75, 3.05) is 0 Å². The van der Waals surface area contributed by atoms with Crippen LogP contribution in [0, 0.1) is 6.92 Å². The minimum absolute atomic E-state index is 0.174. The van der Waals surface area contributed by atoms with Crippen molar-refractivity contribution < 1.29 is 0 Å². The van der Waals surface area contributed by atoms with E-state index in [2.05, 4.69) is 15.3 Å². The number of hydrogen-bond acceptors (Lipinski definition) is 5. The summed E-state index contributed by atoms with van der Waals surface area (Å²) in [6.45, 7) is 2.00. The Kier molecular flexibility index (Phi) is 3.58. The fourth-order valence-electron chi connectivity index (χ4n) is 2.10.